The van der Waals surface area contributed by atoms with Gasteiger partial charge in [-0.2, -0.15) is 0 Å². The normalized spacial score (nSPS) is 12.9. The molecule has 0 aromatic heterocycles. The number of carboxylic acids is 1. The Morgan fingerprint density at radius 1 is 0.694 bits per heavy atom. The molecule has 0 aliphatic carbocycles. The van der Waals surface area contributed by atoms with Crippen molar-refractivity contribution in [2.75, 3.05) is 6.16 Å². The minimum absolute atomic E-state index is 0.238. The van der Waals surface area contributed by atoms with Crippen LogP contribution >= 0.6 is 6.83 Å². The Morgan fingerprint density at radius 2 is 1.08 bits per heavy atom. The van der Waals surface area contributed by atoms with Crippen molar-refractivity contribution in [3.63, 3.8) is 0 Å². The number of Topliss-reactive ketones (excluding diaryl/α,β-unsaturated/α-hetero) is 1. The standard InChI is InChI=1S/C28H25O6PS/c1-22(29)21-35(23-13-5-2-6-14-23,24-15-7-3-8-16-24,25-17-9-4-10-18-25)34-36(32,33)27-20-12-11-19-26(27)28(30)31/h2-20H,21H2,1H3,(H,30,31). The van der Waals surface area contributed by atoms with Gasteiger partial charge in [0.1, 0.15) is 0 Å². The second-order valence-electron chi connectivity index (χ2n) is 8.41. The predicted molar refractivity (Wildman–Crippen MR) is 142 cm³/mol. The number of aromatic carboxylic acids is 1. The number of carboxylic acid groups (broad SMARTS) is 1. The summed E-state index contributed by atoms with van der Waals surface area (Å²) in [7, 11) is -4.72. The number of ketones is 1. The molecule has 0 heterocycles. The summed E-state index contributed by atoms with van der Waals surface area (Å²) in [4.78, 5) is 24.5. The van der Waals surface area contributed by atoms with Crippen LogP contribution in [0.25, 0.3) is 0 Å². The Labute approximate surface area is 210 Å². The van der Waals surface area contributed by atoms with E-state index in [2.05, 4.69) is 0 Å². The fraction of sp³-hybridized carbons (Fsp3) is 0.0714. The molecule has 0 spiro atoms. The average molecular weight is 521 g/mol. The van der Waals surface area contributed by atoms with Crippen molar-refractivity contribution in [3.8, 4) is 0 Å². The first kappa shape index (κ1) is 25.5. The summed E-state index contributed by atoms with van der Waals surface area (Å²) >= 11 is 0. The average Bonchev–Trinajstić information content (AvgIpc) is 2.89. The van der Waals surface area contributed by atoms with Crippen molar-refractivity contribution in [2.45, 2.75) is 11.8 Å². The number of carbonyl (C=O) groups is 2. The van der Waals surface area contributed by atoms with E-state index >= 15 is 0 Å². The van der Waals surface area contributed by atoms with Gasteiger partial charge >= 0.3 is 211 Å². The van der Waals surface area contributed by atoms with Crippen LogP contribution in [0.2, 0.25) is 0 Å². The van der Waals surface area contributed by atoms with Gasteiger partial charge in [0, 0.05) is 0 Å². The molecule has 1 N–H and O–H groups in total. The van der Waals surface area contributed by atoms with E-state index in [1.165, 1.54) is 31.2 Å². The van der Waals surface area contributed by atoms with E-state index < -0.39 is 33.4 Å². The third-order valence-electron chi connectivity index (χ3n) is 6.08. The number of benzene rings is 4. The van der Waals surface area contributed by atoms with Gasteiger partial charge in [-0.1, -0.05) is 0 Å². The second kappa shape index (κ2) is 9.78. The van der Waals surface area contributed by atoms with E-state index in [4.69, 9.17) is 3.97 Å². The zero-order valence-corrected chi connectivity index (χ0v) is 21.2. The van der Waals surface area contributed by atoms with Gasteiger partial charge in [0.05, 0.1) is 0 Å². The first-order valence-corrected chi connectivity index (χ1v) is 14.9. The van der Waals surface area contributed by atoms with Crippen molar-refractivity contribution < 1.29 is 27.1 Å². The van der Waals surface area contributed by atoms with E-state index in [0.29, 0.717) is 15.9 Å². The van der Waals surface area contributed by atoms with Gasteiger partial charge in [0.15, 0.2) is 0 Å². The maximum absolute atomic E-state index is 14.1. The molecule has 0 aliphatic heterocycles. The van der Waals surface area contributed by atoms with Gasteiger partial charge in [0.2, 0.25) is 0 Å². The second-order valence-corrected chi connectivity index (χ2v) is 14.6. The molecule has 184 valence electrons. The maximum atomic E-state index is 14.1. The van der Waals surface area contributed by atoms with Gasteiger partial charge < -0.3 is 0 Å². The molecule has 0 fully saturated rings. The van der Waals surface area contributed by atoms with Crippen molar-refractivity contribution >= 4 is 44.6 Å². The summed E-state index contributed by atoms with van der Waals surface area (Å²) in [6.07, 6.45) is -0.238. The number of hydrogen-bond acceptors (Lipinski definition) is 5. The van der Waals surface area contributed by atoms with E-state index in [-0.39, 0.29) is 11.9 Å². The van der Waals surface area contributed by atoms with E-state index in [1.807, 2.05) is 0 Å². The Balaban J connectivity index is 2.20. The first-order valence-electron chi connectivity index (χ1n) is 11.2. The zero-order valence-electron chi connectivity index (χ0n) is 19.5. The van der Waals surface area contributed by atoms with Gasteiger partial charge in [-0.05, 0) is 0 Å². The van der Waals surface area contributed by atoms with Crippen LogP contribution in [-0.4, -0.2) is 31.4 Å². The molecule has 0 aliphatic rings. The molecule has 0 amide bonds. The quantitative estimate of drug-likeness (QED) is 0.334. The fourth-order valence-electron chi connectivity index (χ4n) is 4.65. The molecule has 0 bridgehead atoms. The van der Waals surface area contributed by atoms with Gasteiger partial charge in [-0.15, -0.1) is 0 Å². The SMILES string of the molecule is CC(=O)CP(OS(=O)(=O)c1ccccc1C(=O)O)(c1ccccc1)(c1ccccc1)c1ccccc1. The molecule has 0 saturated carbocycles. The third-order valence-corrected chi connectivity index (χ3v) is 14.3. The van der Waals surface area contributed by atoms with Crippen LogP contribution in [0.15, 0.2) is 120 Å². The molecule has 4 aromatic rings. The molecule has 4 aromatic carbocycles. The van der Waals surface area contributed by atoms with Gasteiger partial charge in [-0.3, -0.25) is 0 Å². The molecule has 6 nitrogen and oxygen atoms in total. The first-order chi connectivity index (χ1) is 17.2. The number of carbonyl (C=O) groups excluding carboxylic acids is 1. The van der Waals surface area contributed by atoms with Crippen molar-refractivity contribution in [2.24, 2.45) is 0 Å². The molecule has 0 atom stereocenters. The molecule has 0 radical (unpaired) electrons. The van der Waals surface area contributed by atoms with Crippen molar-refractivity contribution in [1.29, 1.82) is 0 Å². The fourth-order valence-corrected chi connectivity index (χ4v) is 13.3. The predicted octanol–water partition coefficient (Wildman–Crippen LogP) is 4.12. The van der Waals surface area contributed by atoms with Crippen LogP contribution in [0.1, 0.15) is 17.3 Å². The molecule has 0 saturated heterocycles. The van der Waals surface area contributed by atoms with Gasteiger partial charge in [-0.25, -0.2) is 0 Å². The van der Waals surface area contributed by atoms with Crippen LogP contribution < -0.4 is 15.9 Å². The summed E-state index contributed by atoms with van der Waals surface area (Å²) in [5.41, 5.74) is -0.411. The third kappa shape index (κ3) is 4.26. The van der Waals surface area contributed by atoms with Crippen LogP contribution in [0.4, 0.5) is 0 Å². The van der Waals surface area contributed by atoms with Crippen LogP contribution in [-0.2, 0) is 18.9 Å². The molecule has 36 heavy (non-hydrogen) atoms. The molecular weight excluding hydrogens is 495 g/mol. The van der Waals surface area contributed by atoms with E-state index in [9.17, 15) is 23.1 Å². The molecule has 4 rings (SSSR count). The number of hydrogen-bond donors (Lipinski definition) is 1. The van der Waals surface area contributed by atoms with Crippen LogP contribution in [0.5, 0.6) is 0 Å². The Morgan fingerprint density at radius 3 is 1.47 bits per heavy atom. The molecule has 0 unspecified atom stereocenters. The Kier molecular flexibility index (Phi) is 6.92. The van der Waals surface area contributed by atoms with Crippen LogP contribution in [0.3, 0.4) is 0 Å². The Hall–Kier alpha value is -3.64. The summed E-state index contributed by atoms with van der Waals surface area (Å²) in [5, 5.41) is 11.3. The number of rotatable bonds is 9. The van der Waals surface area contributed by atoms with Gasteiger partial charge in [0.25, 0.3) is 0 Å². The van der Waals surface area contributed by atoms with Crippen molar-refractivity contribution in [1.82, 2.24) is 0 Å². The van der Waals surface area contributed by atoms with E-state index in [0.717, 1.165) is 0 Å². The van der Waals surface area contributed by atoms with Crippen molar-refractivity contribution in [3.05, 3.63) is 121 Å². The topological polar surface area (TPSA) is 97.7 Å². The summed E-state index contributed by atoms with van der Waals surface area (Å²) in [5.74, 6) is -1.67. The monoisotopic (exact) mass is 520 g/mol. The summed E-state index contributed by atoms with van der Waals surface area (Å²) in [6.45, 7) is -3.17. The minimum atomic E-state index is -4.72. The summed E-state index contributed by atoms with van der Waals surface area (Å²) in [6, 6.07) is 31.9. The molecular formula is C28H25O6PS. The molecule has 8 heteroatoms. The zero-order chi connectivity index (χ0) is 25.8. The van der Waals surface area contributed by atoms with E-state index in [1.54, 1.807) is 91.0 Å². The Bertz CT molecular complexity index is 1400. The summed E-state index contributed by atoms with van der Waals surface area (Å²) < 4.78 is 34.7. The van der Waals surface area contributed by atoms with Crippen LogP contribution in [0, 0.1) is 0 Å².